The number of fused-ring (bicyclic) bond motifs is 1. The van der Waals surface area contributed by atoms with E-state index in [2.05, 4.69) is 44.7 Å². The lowest BCUT2D eigenvalue weighted by atomic mass is 9.91. The van der Waals surface area contributed by atoms with E-state index >= 15 is 0 Å². The summed E-state index contributed by atoms with van der Waals surface area (Å²) >= 11 is 0. The lowest BCUT2D eigenvalue weighted by Crippen LogP contribution is -2.45. The van der Waals surface area contributed by atoms with Crippen LogP contribution in [0.1, 0.15) is 48.5 Å². The van der Waals surface area contributed by atoms with Crippen LogP contribution in [0.15, 0.2) is 24.7 Å². The van der Waals surface area contributed by atoms with E-state index in [0.717, 1.165) is 63.6 Å². The van der Waals surface area contributed by atoms with Gasteiger partial charge in [0.25, 0.3) is 0 Å². The number of carbonyl (C=O) groups excluding carboxylic acids is 1. The Morgan fingerprint density at radius 2 is 2.06 bits per heavy atom. The molecule has 0 unspecified atom stereocenters. The van der Waals surface area contributed by atoms with Crippen LogP contribution in [0.2, 0.25) is 0 Å². The van der Waals surface area contributed by atoms with Crippen LogP contribution in [0.4, 0.5) is 0 Å². The zero-order valence-electron chi connectivity index (χ0n) is 19.0. The highest BCUT2D eigenvalue weighted by Gasteiger charge is 2.26. The number of carbonyl (C=O) groups is 1. The molecule has 0 aromatic carbocycles. The third-order valence-electron chi connectivity index (χ3n) is 6.58. The van der Waals surface area contributed by atoms with Crippen molar-refractivity contribution in [2.75, 3.05) is 40.3 Å². The summed E-state index contributed by atoms with van der Waals surface area (Å²) in [6, 6.07) is 4.54. The Kier molecular flexibility index (Phi) is 6.99. The van der Waals surface area contributed by atoms with E-state index in [1.807, 2.05) is 18.6 Å². The van der Waals surface area contributed by atoms with Gasteiger partial charge in [0.1, 0.15) is 0 Å². The van der Waals surface area contributed by atoms with Gasteiger partial charge in [-0.3, -0.25) is 19.6 Å². The maximum atomic E-state index is 11.6. The Bertz CT molecular complexity index is 888. The lowest BCUT2D eigenvalue weighted by Gasteiger charge is -2.33. The van der Waals surface area contributed by atoms with Crippen molar-refractivity contribution in [3.63, 3.8) is 0 Å². The fourth-order valence-electron chi connectivity index (χ4n) is 4.68. The number of likely N-dealkylation sites (N-methyl/N-ethyl adjacent to an activating group) is 1. The minimum absolute atomic E-state index is 0.0166. The number of imidazole rings is 1. The van der Waals surface area contributed by atoms with Gasteiger partial charge in [0.15, 0.2) is 0 Å². The summed E-state index contributed by atoms with van der Waals surface area (Å²) in [5.74, 6) is -0.0166. The fraction of sp³-hybridized carbons (Fsp3) is 0.609. The summed E-state index contributed by atoms with van der Waals surface area (Å²) in [7, 11) is 4.33. The van der Waals surface area contributed by atoms with Crippen LogP contribution in [-0.4, -0.2) is 75.4 Å². The Balaban J connectivity index is 1.50. The Hall–Kier alpha value is -2.29. The Morgan fingerprint density at radius 1 is 1.26 bits per heavy atom. The Morgan fingerprint density at radius 3 is 2.84 bits per heavy atom. The molecule has 0 radical (unpaired) electrons. The average molecular weight is 426 g/mol. The van der Waals surface area contributed by atoms with Crippen LogP contribution >= 0.6 is 0 Å². The van der Waals surface area contributed by atoms with Crippen molar-refractivity contribution >= 4 is 5.91 Å². The second kappa shape index (κ2) is 9.89. The van der Waals surface area contributed by atoms with Crippen LogP contribution in [0.25, 0.3) is 0 Å². The summed E-state index contributed by atoms with van der Waals surface area (Å²) < 4.78 is 2.21. The predicted octanol–water partition coefficient (Wildman–Crippen LogP) is 1.63. The van der Waals surface area contributed by atoms with Crippen molar-refractivity contribution in [3.05, 3.63) is 47.3 Å². The first-order chi connectivity index (χ1) is 15.0. The number of amides is 1. The summed E-state index contributed by atoms with van der Waals surface area (Å²) in [4.78, 5) is 28.3. The zero-order valence-corrected chi connectivity index (χ0v) is 19.0. The Labute approximate surface area is 185 Å². The molecular formula is C23H35N7O. The van der Waals surface area contributed by atoms with Crippen LogP contribution in [0.3, 0.4) is 0 Å². The van der Waals surface area contributed by atoms with Crippen molar-refractivity contribution in [2.24, 2.45) is 0 Å². The standard InChI is InChI=1S/C23H35N7O/c1-18(31)25-14-22-20(26-16-30(22)17-29-12-10-27(2)11-13-29)15-28(3)21-8-4-6-19-7-5-9-24-23(19)21/h5,7,9,16,21H,4,6,8,10-15,17H2,1-3H3,(H,25,31)/t21-/m0/s1. The van der Waals surface area contributed by atoms with E-state index in [0.29, 0.717) is 12.6 Å². The molecule has 1 saturated heterocycles. The van der Waals surface area contributed by atoms with E-state index in [9.17, 15) is 4.79 Å². The maximum absolute atomic E-state index is 11.6. The van der Waals surface area contributed by atoms with Gasteiger partial charge in [-0.25, -0.2) is 4.98 Å². The highest BCUT2D eigenvalue weighted by atomic mass is 16.1. The number of hydrogen-bond donors (Lipinski definition) is 1. The van der Waals surface area contributed by atoms with Gasteiger partial charge in [-0.2, -0.15) is 0 Å². The predicted molar refractivity (Wildman–Crippen MR) is 120 cm³/mol. The number of aromatic nitrogens is 3. The lowest BCUT2D eigenvalue weighted by molar-refractivity contribution is -0.119. The van der Waals surface area contributed by atoms with E-state index in [-0.39, 0.29) is 5.91 Å². The number of nitrogens with one attached hydrogen (secondary N) is 1. The molecular weight excluding hydrogens is 390 g/mol. The molecule has 2 aromatic rings. The highest BCUT2D eigenvalue weighted by molar-refractivity contribution is 5.72. The van der Waals surface area contributed by atoms with Gasteiger partial charge in [-0.15, -0.1) is 0 Å². The number of piperazine rings is 1. The molecule has 4 rings (SSSR count). The molecule has 168 valence electrons. The van der Waals surface area contributed by atoms with Gasteiger partial charge >= 0.3 is 0 Å². The van der Waals surface area contributed by atoms with Gasteiger partial charge in [-0.05, 0) is 45.0 Å². The van der Waals surface area contributed by atoms with Crippen molar-refractivity contribution in [1.29, 1.82) is 0 Å². The molecule has 8 nitrogen and oxygen atoms in total. The first-order valence-corrected chi connectivity index (χ1v) is 11.3. The zero-order chi connectivity index (χ0) is 21.8. The van der Waals surface area contributed by atoms with Crippen molar-refractivity contribution in [1.82, 2.24) is 34.6 Å². The average Bonchev–Trinajstić information content (AvgIpc) is 3.14. The third-order valence-corrected chi connectivity index (χ3v) is 6.58. The molecule has 3 heterocycles. The molecule has 1 aliphatic heterocycles. The topological polar surface area (TPSA) is 69.5 Å². The second-order valence-corrected chi connectivity index (χ2v) is 8.95. The normalized spacial score (nSPS) is 20.1. The molecule has 0 saturated carbocycles. The minimum atomic E-state index is -0.0166. The quantitative estimate of drug-likeness (QED) is 0.727. The van der Waals surface area contributed by atoms with Crippen LogP contribution < -0.4 is 5.32 Å². The summed E-state index contributed by atoms with van der Waals surface area (Å²) in [5.41, 5.74) is 4.70. The fourth-order valence-corrected chi connectivity index (χ4v) is 4.68. The van der Waals surface area contributed by atoms with Crippen LogP contribution in [0.5, 0.6) is 0 Å². The molecule has 1 aliphatic carbocycles. The van der Waals surface area contributed by atoms with Crippen LogP contribution in [-0.2, 0) is 31.0 Å². The number of rotatable bonds is 7. The minimum Gasteiger partial charge on any atom is -0.351 e. The second-order valence-electron chi connectivity index (χ2n) is 8.95. The number of aryl methyl sites for hydroxylation is 1. The van der Waals surface area contributed by atoms with Crippen molar-refractivity contribution < 1.29 is 4.79 Å². The number of pyridine rings is 1. The van der Waals surface area contributed by atoms with Crippen molar-refractivity contribution in [3.8, 4) is 0 Å². The first-order valence-electron chi connectivity index (χ1n) is 11.3. The molecule has 31 heavy (non-hydrogen) atoms. The summed E-state index contributed by atoms with van der Waals surface area (Å²) in [6.07, 6.45) is 7.25. The van der Waals surface area contributed by atoms with E-state index < -0.39 is 0 Å². The molecule has 1 atom stereocenters. The molecule has 0 bridgehead atoms. The van der Waals surface area contributed by atoms with Crippen LogP contribution in [0, 0.1) is 0 Å². The smallest absolute Gasteiger partial charge is 0.217 e. The van der Waals surface area contributed by atoms with Gasteiger partial charge in [0.05, 0.1) is 42.7 Å². The third kappa shape index (κ3) is 5.31. The molecule has 2 aromatic heterocycles. The monoisotopic (exact) mass is 425 g/mol. The molecule has 8 heteroatoms. The van der Waals surface area contributed by atoms with Crippen molar-refractivity contribution in [2.45, 2.75) is 52.0 Å². The molecule has 2 aliphatic rings. The van der Waals surface area contributed by atoms with E-state index in [1.165, 1.54) is 17.7 Å². The number of nitrogens with zero attached hydrogens (tertiary/aromatic N) is 6. The van der Waals surface area contributed by atoms with Gasteiger partial charge < -0.3 is 14.8 Å². The van der Waals surface area contributed by atoms with Gasteiger partial charge in [0.2, 0.25) is 5.91 Å². The maximum Gasteiger partial charge on any atom is 0.217 e. The molecule has 1 fully saturated rings. The summed E-state index contributed by atoms with van der Waals surface area (Å²) in [5, 5.41) is 2.98. The molecule has 1 N–H and O–H groups in total. The van der Waals surface area contributed by atoms with E-state index in [4.69, 9.17) is 9.97 Å². The highest BCUT2D eigenvalue weighted by Crippen LogP contribution is 2.32. The SMILES string of the molecule is CC(=O)NCc1c(CN(C)[C@H]2CCCc3cccnc32)ncn1CN1CCN(C)CC1. The molecule has 0 spiro atoms. The van der Waals surface area contributed by atoms with Gasteiger partial charge in [0, 0.05) is 45.8 Å². The molecule has 1 amide bonds. The summed E-state index contributed by atoms with van der Waals surface area (Å²) in [6.45, 7) is 7.89. The number of hydrogen-bond acceptors (Lipinski definition) is 6. The largest absolute Gasteiger partial charge is 0.351 e. The van der Waals surface area contributed by atoms with Gasteiger partial charge in [-0.1, -0.05) is 6.07 Å². The first kappa shape index (κ1) is 21.9. The van der Waals surface area contributed by atoms with E-state index in [1.54, 1.807) is 6.92 Å².